The van der Waals surface area contributed by atoms with E-state index in [4.69, 9.17) is 28.9 Å². The van der Waals surface area contributed by atoms with E-state index < -0.39 is 0 Å². The van der Waals surface area contributed by atoms with Gasteiger partial charge >= 0.3 is 0 Å². The number of alkyl halides is 1. The van der Waals surface area contributed by atoms with E-state index in [1.165, 1.54) is 0 Å². The number of fused-ring (bicyclic) bond motifs is 1. The molecule has 0 aliphatic rings. The molecule has 1 heterocycles. The fraction of sp³-hybridized carbons (Fsp3) is 0.222. The number of nitrogens with two attached hydrogens (primary N) is 1. The second kappa shape index (κ2) is 3.67. The number of rotatable bonds is 2. The number of benzene rings is 1. The number of hydrogen-bond acceptors (Lipinski definition) is 2. The van der Waals surface area contributed by atoms with Crippen LogP contribution >= 0.6 is 23.2 Å². The summed E-state index contributed by atoms with van der Waals surface area (Å²) in [6.07, 6.45) is 0. The molecule has 1 aromatic heterocycles. The molecular weight excluding hydrogens is 221 g/mol. The van der Waals surface area contributed by atoms with Crippen LogP contribution in [0.15, 0.2) is 18.2 Å². The van der Waals surface area contributed by atoms with Crippen LogP contribution in [0, 0.1) is 0 Å². The highest BCUT2D eigenvalue weighted by Crippen LogP contribution is 2.21. The number of aromatic nitrogens is 2. The fourth-order valence-electron chi connectivity index (χ4n) is 1.44. The molecule has 0 bridgehead atoms. The van der Waals surface area contributed by atoms with Crippen molar-refractivity contribution in [1.29, 1.82) is 0 Å². The topological polar surface area (TPSA) is 43.8 Å². The van der Waals surface area contributed by atoms with Crippen molar-refractivity contribution < 1.29 is 0 Å². The van der Waals surface area contributed by atoms with Crippen molar-refractivity contribution in [2.45, 2.75) is 6.54 Å². The highest BCUT2D eigenvalue weighted by Gasteiger charge is 2.07. The van der Waals surface area contributed by atoms with E-state index >= 15 is 0 Å². The van der Waals surface area contributed by atoms with Crippen molar-refractivity contribution in [2.75, 3.05) is 11.6 Å². The summed E-state index contributed by atoms with van der Waals surface area (Å²) in [4.78, 5) is 4.19. The minimum atomic E-state index is 0.475. The molecule has 0 radical (unpaired) electrons. The van der Waals surface area contributed by atoms with Crippen LogP contribution in [0.4, 0.5) is 5.95 Å². The Morgan fingerprint density at radius 2 is 2.21 bits per heavy atom. The number of hydrogen-bond donors (Lipinski definition) is 1. The molecule has 0 amide bonds. The van der Waals surface area contributed by atoms with Crippen molar-refractivity contribution in [3.63, 3.8) is 0 Å². The average molecular weight is 230 g/mol. The van der Waals surface area contributed by atoms with E-state index in [2.05, 4.69) is 4.98 Å². The van der Waals surface area contributed by atoms with Crippen molar-refractivity contribution in [3.8, 4) is 0 Å². The molecule has 0 saturated heterocycles. The Hall–Kier alpha value is -0.930. The summed E-state index contributed by atoms with van der Waals surface area (Å²) >= 11 is 11.5. The van der Waals surface area contributed by atoms with Crippen LogP contribution in [0.1, 0.15) is 0 Å². The van der Waals surface area contributed by atoms with Gasteiger partial charge in [-0.3, -0.25) is 0 Å². The Morgan fingerprint density at radius 3 is 2.93 bits per heavy atom. The van der Waals surface area contributed by atoms with Gasteiger partial charge in [0, 0.05) is 17.4 Å². The lowest BCUT2D eigenvalue weighted by atomic mass is 10.3. The zero-order valence-corrected chi connectivity index (χ0v) is 8.89. The Kier molecular flexibility index (Phi) is 2.52. The Labute approximate surface area is 91.4 Å². The Bertz CT molecular complexity index is 464. The largest absolute Gasteiger partial charge is 0.369 e. The maximum absolute atomic E-state index is 5.84. The van der Waals surface area contributed by atoms with Gasteiger partial charge in [-0.1, -0.05) is 11.6 Å². The van der Waals surface area contributed by atoms with Crippen LogP contribution in [-0.4, -0.2) is 15.4 Å². The first-order valence-corrected chi connectivity index (χ1v) is 5.11. The van der Waals surface area contributed by atoms with Crippen LogP contribution in [0.3, 0.4) is 0 Å². The molecule has 2 N–H and O–H groups in total. The van der Waals surface area contributed by atoms with Crippen LogP contribution in [-0.2, 0) is 6.54 Å². The summed E-state index contributed by atoms with van der Waals surface area (Å²) in [5.41, 5.74) is 7.51. The monoisotopic (exact) mass is 229 g/mol. The van der Waals surface area contributed by atoms with E-state index in [-0.39, 0.29) is 0 Å². The van der Waals surface area contributed by atoms with Gasteiger partial charge in [-0.25, -0.2) is 4.98 Å². The number of anilines is 1. The molecule has 0 spiro atoms. The van der Waals surface area contributed by atoms with Crippen molar-refractivity contribution in [2.24, 2.45) is 0 Å². The number of halogens is 2. The third-order valence-electron chi connectivity index (χ3n) is 2.05. The molecule has 0 aliphatic carbocycles. The van der Waals surface area contributed by atoms with Gasteiger partial charge in [0.15, 0.2) is 0 Å². The number of nitrogens with zero attached hydrogens (tertiary/aromatic N) is 2. The van der Waals surface area contributed by atoms with Crippen molar-refractivity contribution in [3.05, 3.63) is 23.2 Å². The summed E-state index contributed by atoms with van der Waals surface area (Å²) < 4.78 is 1.87. The van der Waals surface area contributed by atoms with Crippen LogP contribution < -0.4 is 5.73 Å². The molecule has 0 fully saturated rings. The summed E-state index contributed by atoms with van der Waals surface area (Å²) in [5, 5.41) is 0.660. The van der Waals surface area contributed by atoms with Gasteiger partial charge in [-0.2, -0.15) is 0 Å². The Balaban J connectivity index is 2.64. The molecular formula is C9H9Cl2N3. The SMILES string of the molecule is Nc1nc2cc(Cl)ccc2n1CCCl. The molecule has 2 rings (SSSR count). The number of imidazole rings is 1. The zero-order chi connectivity index (χ0) is 10.1. The maximum atomic E-state index is 5.84. The van der Waals surface area contributed by atoms with Crippen molar-refractivity contribution in [1.82, 2.24) is 9.55 Å². The van der Waals surface area contributed by atoms with E-state index in [1.807, 2.05) is 16.7 Å². The first-order chi connectivity index (χ1) is 6.72. The second-order valence-corrected chi connectivity index (χ2v) is 3.76. The minimum Gasteiger partial charge on any atom is -0.369 e. The molecule has 0 aliphatic heterocycles. The molecule has 14 heavy (non-hydrogen) atoms. The smallest absolute Gasteiger partial charge is 0.201 e. The normalized spacial score (nSPS) is 11.0. The molecule has 74 valence electrons. The van der Waals surface area contributed by atoms with E-state index in [0.29, 0.717) is 23.4 Å². The van der Waals surface area contributed by atoms with Crippen LogP contribution in [0.5, 0.6) is 0 Å². The molecule has 3 nitrogen and oxygen atoms in total. The molecule has 0 saturated carbocycles. The molecule has 0 unspecified atom stereocenters. The minimum absolute atomic E-state index is 0.475. The maximum Gasteiger partial charge on any atom is 0.201 e. The highest BCUT2D eigenvalue weighted by atomic mass is 35.5. The summed E-state index contributed by atoms with van der Waals surface area (Å²) in [6.45, 7) is 0.658. The first kappa shape index (κ1) is 9.62. The Morgan fingerprint density at radius 1 is 1.43 bits per heavy atom. The third kappa shape index (κ3) is 1.53. The summed E-state index contributed by atoms with van der Waals surface area (Å²) in [7, 11) is 0. The second-order valence-electron chi connectivity index (χ2n) is 2.94. The van der Waals surface area contributed by atoms with Gasteiger partial charge < -0.3 is 10.3 Å². The first-order valence-electron chi connectivity index (χ1n) is 4.19. The van der Waals surface area contributed by atoms with E-state index in [0.717, 1.165) is 11.0 Å². The average Bonchev–Trinajstić information content (AvgIpc) is 2.43. The third-order valence-corrected chi connectivity index (χ3v) is 2.45. The van der Waals surface area contributed by atoms with E-state index in [1.54, 1.807) is 6.07 Å². The predicted octanol–water partition coefficient (Wildman–Crippen LogP) is 2.51. The molecule has 2 aromatic rings. The van der Waals surface area contributed by atoms with Crippen LogP contribution in [0.25, 0.3) is 11.0 Å². The van der Waals surface area contributed by atoms with Gasteiger partial charge in [0.05, 0.1) is 11.0 Å². The summed E-state index contributed by atoms with van der Waals surface area (Å²) in [5.74, 6) is 0.987. The predicted molar refractivity (Wildman–Crippen MR) is 59.9 cm³/mol. The number of nitrogen functional groups attached to an aromatic ring is 1. The lowest BCUT2D eigenvalue weighted by Crippen LogP contribution is -2.03. The lowest BCUT2D eigenvalue weighted by Gasteiger charge is -2.02. The van der Waals surface area contributed by atoms with Gasteiger partial charge in [-0.05, 0) is 18.2 Å². The molecule has 1 aromatic carbocycles. The van der Waals surface area contributed by atoms with Gasteiger partial charge in [0.1, 0.15) is 0 Å². The molecule has 0 atom stereocenters. The van der Waals surface area contributed by atoms with Gasteiger partial charge in [0.25, 0.3) is 0 Å². The van der Waals surface area contributed by atoms with Crippen molar-refractivity contribution >= 4 is 40.2 Å². The quantitative estimate of drug-likeness (QED) is 0.805. The van der Waals surface area contributed by atoms with Gasteiger partial charge in [0.2, 0.25) is 5.95 Å². The highest BCUT2D eigenvalue weighted by molar-refractivity contribution is 6.31. The van der Waals surface area contributed by atoms with Crippen LogP contribution in [0.2, 0.25) is 5.02 Å². The zero-order valence-electron chi connectivity index (χ0n) is 7.37. The lowest BCUT2D eigenvalue weighted by molar-refractivity contribution is 0.806. The standard InChI is InChI=1S/C9H9Cl2N3/c10-3-4-14-8-2-1-6(11)5-7(8)13-9(14)12/h1-2,5H,3-4H2,(H2,12,13). The summed E-state index contributed by atoms with van der Waals surface area (Å²) in [6, 6.07) is 5.50. The molecule has 5 heteroatoms. The van der Waals surface area contributed by atoms with Gasteiger partial charge in [-0.15, -0.1) is 11.6 Å². The number of aryl methyl sites for hydroxylation is 1. The fourth-order valence-corrected chi connectivity index (χ4v) is 1.78. The van der Waals surface area contributed by atoms with E-state index in [9.17, 15) is 0 Å².